The molecule has 1 fully saturated rings. The van der Waals surface area contributed by atoms with Crippen molar-refractivity contribution < 1.29 is 33.7 Å². The normalized spacial score (nSPS) is 25.4. The molecule has 0 radical (unpaired) electrons. The molecule has 4 atom stereocenters. The molecule has 0 amide bonds. The maximum absolute atomic E-state index is 11.9. The molecule has 1 aromatic rings. The predicted molar refractivity (Wildman–Crippen MR) is 84.2 cm³/mol. The lowest BCUT2D eigenvalue weighted by Crippen LogP contribution is -2.33. The fourth-order valence-electron chi connectivity index (χ4n) is 2.30. The van der Waals surface area contributed by atoms with Crippen LogP contribution in [-0.2, 0) is 18.6 Å². The molecule has 1 unspecified atom stereocenters. The highest BCUT2D eigenvalue weighted by atomic mass is 31.2. The van der Waals surface area contributed by atoms with Crippen LogP contribution in [-0.4, -0.2) is 55.6 Å². The number of ether oxygens (including phenoxy) is 1. The molecule has 0 aromatic carbocycles. The summed E-state index contributed by atoms with van der Waals surface area (Å²) in [5.41, 5.74) is -1.25. The lowest BCUT2D eigenvalue weighted by Gasteiger charge is -2.18. The van der Waals surface area contributed by atoms with Crippen LogP contribution in [0.5, 0.6) is 0 Å². The van der Waals surface area contributed by atoms with E-state index in [2.05, 4.69) is 16.1 Å². The molecule has 0 saturated carbocycles. The van der Waals surface area contributed by atoms with Gasteiger partial charge in [-0.15, -0.1) is 0 Å². The smallest absolute Gasteiger partial charge is 0.339 e. The highest BCUT2D eigenvalue weighted by molar-refractivity contribution is 7.53. The molecule has 4 N–H and O–H groups in total. The van der Waals surface area contributed by atoms with Gasteiger partial charge in [-0.1, -0.05) is 12.7 Å². The van der Waals surface area contributed by atoms with Crippen LogP contribution in [0.15, 0.2) is 22.4 Å². The molecule has 25 heavy (non-hydrogen) atoms. The Balaban J connectivity index is 2.10. The summed E-state index contributed by atoms with van der Waals surface area (Å²) in [6, 6.07) is 0. The highest BCUT2D eigenvalue weighted by Gasteiger charge is 2.37. The van der Waals surface area contributed by atoms with Gasteiger partial charge in [0.1, 0.15) is 18.5 Å². The minimum atomic E-state index is -4.37. The molecule has 1 aliphatic heterocycles. The van der Waals surface area contributed by atoms with Crippen molar-refractivity contribution in [3.8, 4) is 0 Å². The van der Waals surface area contributed by atoms with Crippen molar-refractivity contribution in [3.63, 3.8) is 0 Å². The largest absolute Gasteiger partial charge is 0.481 e. The van der Waals surface area contributed by atoms with Crippen molar-refractivity contribution in [1.29, 1.82) is 0 Å². The molecule has 0 bridgehead atoms. The number of carboxylic acids is 1. The Kier molecular flexibility index (Phi) is 5.76. The first-order chi connectivity index (χ1) is 11.6. The summed E-state index contributed by atoms with van der Waals surface area (Å²) in [7, 11) is -4.37. The summed E-state index contributed by atoms with van der Waals surface area (Å²) in [5.74, 6) is -1.51. The molecule has 11 nitrogen and oxygen atoms in total. The second kappa shape index (κ2) is 7.46. The Hall–Kier alpha value is -2.04. The zero-order valence-electron chi connectivity index (χ0n) is 12.9. The van der Waals surface area contributed by atoms with E-state index in [1.165, 1.54) is 12.3 Å². The molecular weight excluding hydrogens is 359 g/mol. The van der Waals surface area contributed by atoms with Crippen molar-refractivity contribution in [2.24, 2.45) is 0 Å². The maximum atomic E-state index is 11.9. The molecule has 2 heterocycles. The second-order valence-electron chi connectivity index (χ2n) is 5.37. The zero-order valence-corrected chi connectivity index (χ0v) is 13.8. The number of nitrogens with one attached hydrogen (secondary N) is 1. The van der Waals surface area contributed by atoms with Crippen LogP contribution in [0.2, 0.25) is 0 Å². The molecule has 2 rings (SSSR count). The van der Waals surface area contributed by atoms with E-state index < -0.39 is 56.0 Å². The van der Waals surface area contributed by atoms with E-state index in [-0.39, 0.29) is 12.0 Å². The Morgan fingerprint density at radius 1 is 1.56 bits per heavy atom. The van der Waals surface area contributed by atoms with Gasteiger partial charge >= 0.3 is 19.3 Å². The van der Waals surface area contributed by atoms with Crippen molar-refractivity contribution in [1.82, 2.24) is 9.55 Å². The molecular formula is C13H17N2O9P. The Bertz CT molecular complexity index is 830. The van der Waals surface area contributed by atoms with Crippen LogP contribution in [0.3, 0.4) is 0 Å². The summed E-state index contributed by atoms with van der Waals surface area (Å²) in [5, 5.41) is 18.5. The number of carbonyl (C=O) groups is 1. The number of hydrogen-bond donors (Lipinski definition) is 4. The molecule has 1 aromatic heterocycles. The molecule has 1 saturated heterocycles. The van der Waals surface area contributed by atoms with Crippen LogP contribution < -0.4 is 11.2 Å². The van der Waals surface area contributed by atoms with Crippen molar-refractivity contribution in [3.05, 3.63) is 39.2 Å². The van der Waals surface area contributed by atoms with E-state index in [0.29, 0.717) is 0 Å². The first-order valence-electron chi connectivity index (χ1n) is 7.12. The van der Waals surface area contributed by atoms with Crippen LogP contribution >= 0.6 is 7.60 Å². The predicted octanol–water partition coefficient (Wildman–Crippen LogP) is -0.885. The molecule has 1 aliphatic rings. The number of aliphatic hydroxyl groups is 1. The molecule has 12 heteroatoms. The number of hydrogen-bond acceptors (Lipinski definition) is 7. The summed E-state index contributed by atoms with van der Waals surface area (Å²) in [6.07, 6.45) is -1.77. The number of aromatic amines is 1. The van der Waals surface area contributed by atoms with Crippen molar-refractivity contribution in [2.45, 2.75) is 24.9 Å². The van der Waals surface area contributed by atoms with E-state index >= 15 is 0 Å². The number of rotatable bonds is 7. The molecule has 0 aliphatic carbocycles. The zero-order chi connectivity index (χ0) is 18.8. The number of carboxylic acid groups (broad SMARTS) is 1. The van der Waals surface area contributed by atoms with E-state index in [1.54, 1.807) is 0 Å². The number of H-pyrrole nitrogens is 1. The fourth-order valence-corrected chi connectivity index (χ4v) is 3.12. The van der Waals surface area contributed by atoms with Gasteiger partial charge in [0.25, 0.3) is 5.56 Å². The number of nitrogens with zero attached hydrogens (tertiary/aromatic N) is 1. The van der Waals surface area contributed by atoms with Crippen molar-refractivity contribution >= 4 is 19.6 Å². The number of aliphatic carboxylic acids is 1. The van der Waals surface area contributed by atoms with E-state index in [9.17, 15) is 28.9 Å². The van der Waals surface area contributed by atoms with Crippen LogP contribution in [0, 0.1) is 0 Å². The topological polar surface area (TPSA) is 168 Å². The van der Waals surface area contributed by atoms with Gasteiger partial charge in [0.15, 0.2) is 0 Å². The summed E-state index contributed by atoms with van der Waals surface area (Å²) >= 11 is 0. The molecule has 138 valence electrons. The lowest BCUT2D eigenvalue weighted by atomic mass is 10.2. The first-order valence-corrected chi connectivity index (χ1v) is 8.89. The van der Waals surface area contributed by atoms with E-state index in [0.717, 1.165) is 4.57 Å². The van der Waals surface area contributed by atoms with Gasteiger partial charge in [-0.05, 0) is 0 Å². The lowest BCUT2D eigenvalue weighted by molar-refractivity contribution is -0.134. The number of aliphatic hydroxyl groups excluding tert-OH is 1. The van der Waals surface area contributed by atoms with Crippen LogP contribution in [0.1, 0.15) is 18.2 Å². The average Bonchev–Trinajstić information content (AvgIpc) is 2.85. The van der Waals surface area contributed by atoms with Crippen LogP contribution in [0.4, 0.5) is 0 Å². The van der Waals surface area contributed by atoms with Gasteiger partial charge in [-0.25, -0.2) is 4.79 Å². The first kappa shape index (κ1) is 19.3. The van der Waals surface area contributed by atoms with Gasteiger partial charge < -0.3 is 24.4 Å². The summed E-state index contributed by atoms with van der Waals surface area (Å²) < 4.78 is 22.7. The quantitative estimate of drug-likeness (QED) is 0.441. The van der Waals surface area contributed by atoms with E-state index in [4.69, 9.17) is 9.84 Å². The third-order valence-corrected chi connectivity index (χ3v) is 4.73. The summed E-state index contributed by atoms with van der Waals surface area (Å²) in [6.45, 7) is 2.91. The van der Waals surface area contributed by atoms with Gasteiger partial charge in [0.05, 0.1) is 18.3 Å². The third-order valence-electron chi connectivity index (χ3n) is 3.51. The van der Waals surface area contributed by atoms with Gasteiger partial charge in [-0.2, -0.15) is 0 Å². The standard InChI is InChI=1S/C13H17N2O9P/c1-2-7-4-15(13(20)14-12(7)19)10-3-8(16)9(24-10)5-23-25(21,22)6-11(17)18/h2,4,8-10,16H,1,3,5-6H2,(H,17,18)(H,21,22)(H,14,19,20)/t8-,9+,10+/m0/s1. The van der Waals surface area contributed by atoms with Gasteiger partial charge in [0, 0.05) is 12.6 Å². The minimum absolute atomic E-state index is 0.0365. The minimum Gasteiger partial charge on any atom is -0.481 e. The Morgan fingerprint density at radius 2 is 2.24 bits per heavy atom. The number of aromatic nitrogens is 2. The van der Waals surface area contributed by atoms with Gasteiger partial charge in [0.2, 0.25) is 0 Å². The van der Waals surface area contributed by atoms with Crippen molar-refractivity contribution in [2.75, 3.05) is 12.8 Å². The SMILES string of the molecule is C=Cc1cn([C@H]2C[C@H](O)[C@@H](COP(=O)(O)CC(=O)O)O2)c(=O)[nH]c1=O. The molecule has 0 spiro atoms. The summed E-state index contributed by atoms with van der Waals surface area (Å²) in [4.78, 5) is 45.3. The van der Waals surface area contributed by atoms with Gasteiger partial charge in [-0.3, -0.25) is 23.7 Å². The van der Waals surface area contributed by atoms with E-state index in [1.807, 2.05) is 0 Å². The fraction of sp³-hybridized carbons (Fsp3) is 0.462. The highest BCUT2D eigenvalue weighted by Crippen LogP contribution is 2.42. The average molecular weight is 376 g/mol. The monoisotopic (exact) mass is 376 g/mol. The Labute approximate surface area is 140 Å². The van der Waals surface area contributed by atoms with Crippen LogP contribution in [0.25, 0.3) is 6.08 Å². The Morgan fingerprint density at radius 3 is 2.84 bits per heavy atom. The second-order valence-corrected chi connectivity index (χ2v) is 7.22. The third kappa shape index (κ3) is 4.74. The maximum Gasteiger partial charge on any atom is 0.339 e.